The Kier molecular flexibility index (Phi) is 6.45. The Hall–Kier alpha value is -2.30. The van der Waals surface area contributed by atoms with Gasteiger partial charge in [0.15, 0.2) is 0 Å². The normalized spacial score (nSPS) is 14.5. The Morgan fingerprint density at radius 2 is 1.80 bits per heavy atom. The first-order chi connectivity index (χ1) is 14.5. The van der Waals surface area contributed by atoms with Crippen molar-refractivity contribution >= 4 is 28.4 Å². The lowest BCUT2D eigenvalue weighted by atomic mass is 10.1. The monoisotopic (exact) mass is 423 g/mol. The number of carbonyl (C=O) groups excluding carboxylic acids is 1. The summed E-state index contributed by atoms with van der Waals surface area (Å²) in [6.07, 6.45) is 3.62. The van der Waals surface area contributed by atoms with Crippen molar-refractivity contribution in [3.05, 3.63) is 69.9 Å². The third kappa shape index (κ3) is 4.55. The maximum atomic E-state index is 12.7. The van der Waals surface area contributed by atoms with E-state index in [4.69, 9.17) is 11.6 Å². The molecule has 1 aliphatic heterocycles. The molecular weight excluding hydrogens is 394 g/mol. The van der Waals surface area contributed by atoms with Gasteiger partial charge in [-0.05, 0) is 94.2 Å². The van der Waals surface area contributed by atoms with Crippen LogP contribution in [0.1, 0.15) is 46.4 Å². The number of amides is 1. The largest absolute Gasteiger partial charge is 0.352 e. The fourth-order valence-electron chi connectivity index (χ4n) is 4.38. The number of nitrogens with one attached hydrogen (secondary N) is 1. The zero-order chi connectivity index (χ0) is 21.1. The summed E-state index contributed by atoms with van der Waals surface area (Å²) in [5.41, 5.74) is 5.55. The van der Waals surface area contributed by atoms with Gasteiger partial charge in [-0.1, -0.05) is 23.7 Å². The highest BCUT2D eigenvalue weighted by atomic mass is 35.5. The molecule has 2 aromatic carbocycles. The second kappa shape index (κ2) is 9.23. The van der Waals surface area contributed by atoms with Crippen LogP contribution in [-0.2, 0) is 6.54 Å². The third-order valence-corrected chi connectivity index (χ3v) is 6.54. The Labute approximate surface area is 183 Å². The number of nitrogens with zero attached hydrogens (tertiary/aromatic N) is 2. The van der Waals surface area contributed by atoms with E-state index in [1.165, 1.54) is 42.8 Å². The van der Waals surface area contributed by atoms with Gasteiger partial charge in [-0.25, -0.2) is 0 Å². The molecule has 0 bridgehead atoms. The van der Waals surface area contributed by atoms with Crippen LogP contribution in [0, 0.1) is 13.8 Å². The predicted octanol–water partition coefficient (Wildman–Crippen LogP) is 5.18. The van der Waals surface area contributed by atoms with E-state index in [0.717, 1.165) is 47.5 Å². The first-order valence-electron chi connectivity index (χ1n) is 10.9. The molecule has 1 amide bonds. The number of likely N-dealkylation sites (tertiary alicyclic amines) is 1. The van der Waals surface area contributed by atoms with Gasteiger partial charge >= 0.3 is 0 Å². The number of fused-ring (bicyclic) bond motifs is 1. The zero-order valence-corrected chi connectivity index (χ0v) is 18.6. The van der Waals surface area contributed by atoms with Gasteiger partial charge in [-0.2, -0.15) is 0 Å². The van der Waals surface area contributed by atoms with Crippen LogP contribution in [0.3, 0.4) is 0 Å². The summed E-state index contributed by atoms with van der Waals surface area (Å²) < 4.78 is 2.31. The fourth-order valence-corrected chi connectivity index (χ4v) is 4.51. The highest BCUT2D eigenvalue weighted by Gasteiger charge is 2.15. The van der Waals surface area contributed by atoms with E-state index >= 15 is 0 Å². The Morgan fingerprint density at radius 3 is 2.53 bits per heavy atom. The minimum Gasteiger partial charge on any atom is -0.352 e. The number of aryl methyl sites for hydroxylation is 1. The van der Waals surface area contributed by atoms with Crippen molar-refractivity contribution in [1.82, 2.24) is 14.8 Å². The SMILES string of the molecule is Cc1c(C)n(Cc2ccc(Cl)cc2)c2ccc(C(=O)NCCCN3CCCC3)cc12. The van der Waals surface area contributed by atoms with E-state index in [-0.39, 0.29) is 5.91 Å². The molecule has 4 rings (SSSR count). The summed E-state index contributed by atoms with van der Waals surface area (Å²) in [5, 5.41) is 4.98. The van der Waals surface area contributed by atoms with Crippen molar-refractivity contribution in [3.63, 3.8) is 0 Å². The van der Waals surface area contributed by atoms with E-state index in [9.17, 15) is 4.79 Å². The average molecular weight is 424 g/mol. The maximum absolute atomic E-state index is 12.7. The average Bonchev–Trinajstić information content (AvgIpc) is 3.35. The van der Waals surface area contributed by atoms with Crippen molar-refractivity contribution in [3.8, 4) is 0 Å². The van der Waals surface area contributed by atoms with Crippen molar-refractivity contribution in [2.75, 3.05) is 26.2 Å². The van der Waals surface area contributed by atoms with Crippen molar-refractivity contribution in [1.29, 1.82) is 0 Å². The highest BCUT2D eigenvalue weighted by molar-refractivity contribution is 6.30. The highest BCUT2D eigenvalue weighted by Crippen LogP contribution is 2.27. The lowest BCUT2D eigenvalue weighted by molar-refractivity contribution is 0.0952. The second-order valence-electron chi connectivity index (χ2n) is 8.31. The molecule has 0 atom stereocenters. The van der Waals surface area contributed by atoms with Crippen molar-refractivity contribution in [2.24, 2.45) is 0 Å². The molecule has 5 heteroatoms. The molecule has 0 radical (unpaired) electrons. The van der Waals surface area contributed by atoms with Gasteiger partial charge in [0.25, 0.3) is 5.91 Å². The van der Waals surface area contributed by atoms with Crippen LogP contribution in [0.2, 0.25) is 5.02 Å². The maximum Gasteiger partial charge on any atom is 0.251 e. The molecule has 1 aromatic heterocycles. The Morgan fingerprint density at radius 1 is 1.07 bits per heavy atom. The van der Waals surface area contributed by atoms with E-state index < -0.39 is 0 Å². The zero-order valence-electron chi connectivity index (χ0n) is 17.9. The summed E-state index contributed by atoms with van der Waals surface area (Å²) in [6.45, 7) is 9.27. The third-order valence-electron chi connectivity index (χ3n) is 6.29. The second-order valence-corrected chi connectivity index (χ2v) is 8.75. The van der Waals surface area contributed by atoms with Gasteiger partial charge in [-0.15, -0.1) is 0 Å². The van der Waals surface area contributed by atoms with Crippen LogP contribution in [0.25, 0.3) is 10.9 Å². The van der Waals surface area contributed by atoms with Crippen molar-refractivity contribution in [2.45, 2.75) is 39.7 Å². The molecule has 3 aromatic rings. The molecule has 0 spiro atoms. The molecule has 1 fully saturated rings. The molecule has 30 heavy (non-hydrogen) atoms. The molecule has 0 unspecified atom stereocenters. The molecule has 1 N–H and O–H groups in total. The number of halogens is 1. The summed E-state index contributed by atoms with van der Waals surface area (Å²) in [6, 6.07) is 14.0. The van der Waals surface area contributed by atoms with E-state index in [1.807, 2.05) is 24.3 Å². The van der Waals surface area contributed by atoms with Gasteiger partial charge in [-0.3, -0.25) is 4.79 Å². The van der Waals surface area contributed by atoms with Crippen LogP contribution in [0.15, 0.2) is 42.5 Å². The molecule has 4 nitrogen and oxygen atoms in total. The Balaban J connectivity index is 1.46. The molecular formula is C25H30ClN3O. The summed E-state index contributed by atoms with van der Waals surface area (Å²) in [7, 11) is 0. The number of benzene rings is 2. The van der Waals surface area contributed by atoms with Crippen LogP contribution in [0.5, 0.6) is 0 Å². The topological polar surface area (TPSA) is 37.3 Å². The van der Waals surface area contributed by atoms with Crippen LogP contribution < -0.4 is 5.32 Å². The number of carbonyl (C=O) groups is 1. The van der Waals surface area contributed by atoms with E-state index in [2.05, 4.69) is 46.8 Å². The van der Waals surface area contributed by atoms with Gasteiger partial charge in [0.1, 0.15) is 0 Å². The summed E-state index contributed by atoms with van der Waals surface area (Å²) in [4.78, 5) is 15.1. The molecule has 0 saturated carbocycles. The predicted molar refractivity (Wildman–Crippen MR) is 125 cm³/mol. The summed E-state index contributed by atoms with van der Waals surface area (Å²) >= 11 is 6.02. The molecule has 2 heterocycles. The number of hydrogen-bond donors (Lipinski definition) is 1. The molecule has 1 aliphatic rings. The number of hydrogen-bond acceptors (Lipinski definition) is 2. The first kappa shape index (κ1) is 21.0. The van der Waals surface area contributed by atoms with Crippen LogP contribution >= 0.6 is 11.6 Å². The molecule has 1 saturated heterocycles. The van der Waals surface area contributed by atoms with E-state index in [0.29, 0.717) is 0 Å². The lowest BCUT2D eigenvalue weighted by Gasteiger charge is -2.14. The van der Waals surface area contributed by atoms with Crippen LogP contribution in [-0.4, -0.2) is 41.6 Å². The lowest BCUT2D eigenvalue weighted by Crippen LogP contribution is -2.28. The number of rotatable bonds is 7. The molecule has 0 aliphatic carbocycles. The molecule has 158 valence electrons. The first-order valence-corrected chi connectivity index (χ1v) is 11.2. The Bertz CT molecular complexity index is 1030. The minimum atomic E-state index is 0.0147. The standard InChI is InChI=1S/C25H30ClN3O/c1-18-19(2)29(17-20-6-9-22(26)10-7-20)24-11-8-21(16-23(18)24)25(30)27-12-5-15-28-13-3-4-14-28/h6-11,16H,3-5,12-15,17H2,1-2H3,(H,27,30). The quantitative estimate of drug-likeness (QED) is 0.532. The number of aromatic nitrogens is 1. The van der Waals surface area contributed by atoms with Gasteiger partial charge < -0.3 is 14.8 Å². The fraction of sp³-hybridized carbons (Fsp3) is 0.400. The van der Waals surface area contributed by atoms with Gasteiger partial charge in [0.05, 0.1) is 0 Å². The summed E-state index contributed by atoms with van der Waals surface area (Å²) in [5.74, 6) is 0.0147. The van der Waals surface area contributed by atoms with Gasteiger partial charge in [0, 0.05) is 40.3 Å². The van der Waals surface area contributed by atoms with Crippen molar-refractivity contribution < 1.29 is 4.79 Å². The van der Waals surface area contributed by atoms with E-state index in [1.54, 1.807) is 0 Å². The minimum absolute atomic E-state index is 0.0147. The van der Waals surface area contributed by atoms with Crippen LogP contribution in [0.4, 0.5) is 0 Å². The smallest absolute Gasteiger partial charge is 0.251 e. The van der Waals surface area contributed by atoms with Gasteiger partial charge in [0.2, 0.25) is 0 Å².